The van der Waals surface area contributed by atoms with Crippen LogP contribution in [0, 0.1) is 5.82 Å². The Labute approximate surface area is 247 Å². The summed E-state index contributed by atoms with van der Waals surface area (Å²) in [6.45, 7) is 2.67. The molecule has 0 aromatic heterocycles. The number of nitrogens with zero attached hydrogens (tertiary/aromatic N) is 2. The van der Waals surface area contributed by atoms with Crippen molar-refractivity contribution in [3.8, 4) is 0 Å². The quantitative estimate of drug-likeness (QED) is 0.230. The predicted molar refractivity (Wildman–Crippen MR) is 162 cm³/mol. The van der Waals surface area contributed by atoms with Gasteiger partial charge in [-0.1, -0.05) is 73.5 Å². The number of hydrogen-bond acceptors (Lipinski definition) is 4. The molecule has 0 bridgehead atoms. The number of sulfonamides is 1. The zero-order chi connectivity index (χ0) is 29.8. The van der Waals surface area contributed by atoms with Crippen LogP contribution in [-0.4, -0.2) is 50.5 Å². The van der Waals surface area contributed by atoms with E-state index < -0.39 is 21.9 Å². The molecule has 0 fully saturated rings. The Morgan fingerprint density at radius 1 is 0.951 bits per heavy atom. The maximum absolute atomic E-state index is 13.8. The van der Waals surface area contributed by atoms with E-state index in [-0.39, 0.29) is 37.7 Å². The van der Waals surface area contributed by atoms with Crippen molar-refractivity contribution in [2.24, 2.45) is 0 Å². The summed E-state index contributed by atoms with van der Waals surface area (Å²) in [5.41, 5.74) is 1.98. The number of carbonyl (C=O) groups excluding carboxylic acids is 2. The highest BCUT2D eigenvalue weighted by atomic mass is 35.5. The van der Waals surface area contributed by atoms with Crippen molar-refractivity contribution in [2.45, 2.75) is 51.6 Å². The van der Waals surface area contributed by atoms with Gasteiger partial charge >= 0.3 is 0 Å². The Morgan fingerprint density at radius 2 is 1.66 bits per heavy atom. The van der Waals surface area contributed by atoms with Gasteiger partial charge in [0.15, 0.2) is 0 Å². The minimum atomic E-state index is -3.64. The monoisotopic (exact) mass is 601 g/mol. The molecule has 0 unspecified atom stereocenters. The molecule has 0 aliphatic rings. The maximum atomic E-state index is 13.8. The number of carbonyl (C=O) groups is 2. The highest BCUT2D eigenvalue weighted by Crippen LogP contribution is 2.23. The van der Waals surface area contributed by atoms with Crippen molar-refractivity contribution in [1.29, 1.82) is 0 Å². The number of amides is 2. The number of hydrogen-bond donors (Lipinski definition) is 1. The molecular weight excluding hydrogens is 565 g/mol. The van der Waals surface area contributed by atoms with Gasteiger partial charge in [-0.15, -0.1) is 0 Å². The molecule has 3 aromatic carbocycles. The second-order valence-corrected chi connectivity index (χ2v) is 12.3. The van der Waals surface area contributed by atoms with Gasteiger partial charge in [-0.25, -0.2) is 12.8 Å². The van der Waals surface area contributed by atoms with E-state index in [2.05, 4.69) is 5.32 Å². The Kier molecular flexibility index (Phi) is 12.2. The van der Waals surface area contributed by atoms with Crippen LogP contribution in [0.2, 0.25) is 5.02 Å². The fourth-order valence-corrected chi connectivity index (χ4v) is 5.62. The molecule has 3 aromatic rings. The molecule has 41 heavy (non-hydrogen) atoms. The van der Waals surface area contributed by atoms with Crippen LogP contribution in [-0.2, 0) is 32.6 Å². The number of unbranched alkanes of at least 4 members (excludes halogenated alkanes) is 1. The molecule has 3 rings (SSSR count). The third kappa shape index (κ3) is 10.2. The first kappa shape index (κ1) is 32.1. The second kappa shape index (κ2) is 15.5. The molecule has 220 valence electrons. The second-order valence-electron chi connectivity index (χ2n) is 9.92. The Hall–Kier alpha value is -3.43. The molecule has 0 saturated heterocycles. The average Bonchev–Trinajstić information content (AvgIpc) is 2.94. The van der Waals surface area contributed by atoms with Gasteiger partial charge in [-0.2, -0.15) is 0 Å². The summed E-state index contributed by atoms with van der Waals surface area (Å²) in [5.74, 6) is -0.971. The lowest BCUT2D eigenvalue weighted by atomic mass is 10.0. The molecule has 0 saturated carbocycles. The van der Waals surface area contributed by atoms with Crippen molar-refractivity contribution < 1.29 is 22.4 Å². The number of benzene rings is 3. The summed E-state index contributed by atoms with van der Waals surface area (Å²) in [5, 5.41) is 3.36. The van der Waals surface area contributed by atoms with E-state index >= 15 is 0 Å². The molecular formula is C31H37ClFN3O4S. The van der Waals surface area contributed by atoms with Gasteiger partial charge in [-0.3, -0.25) is 13.9 Å². The molecule has 0 heterocycles. The average molecular weight is 602 g/mol. The largest absolute Gasteiger partial charge is 0.354 e. The summed E-state index contributed by atoms with van der Waals surface area (Å²) < 4.78 is 39.9. The van der Waals surface area contributed by atoms with Crippen LogP contribution in [0.25, 0.3) is 0 Å². The zero-order valence-electron chi connectivity index (χ0n) is 23.4. The van der Waals surface area contributed by atoms with E-state index in [0.29, 0.717) is 29.2 Å². The Morgan fingerprint density at radius 3 is 2.29 bits per heavy atom. The van der Waals surface area contributed by atoms with Crippen LogP contribution in [0.4, 0.5) is 10.1 Å². The van der Waals surface area contributed by atoms with Gasteiger partial charge in [0.2, 0.25) is 21.8 Å². The minimum absolute atomic E-state index is 0.00130. The van der Waals surface area contributed by atoms with Gasteiger partial charge in [0.25, 0.3) is 0 Å². The van der Waals surface area contributed by atoms with Crippen LogP contribution in [0.15, 0.2) is 78.9 Å². The van der Waals surface area contributed by atoms with Gasteiger partial charge in [-0.05, 0) is 54.3 Å². The third-order valence-corrected chi connectivity index (χ3v) is 8.04. The lowest BCUT2D eigenvalue weighted by Gasteiger charge is -2.32. The number of rotatable bonds is 15. The molecule has 7 nitrogen and oxygen atoms in total. The van der Waals surface area contributed by atoms with Gasteiger partial charge < -0.3 is 10.2 Å². The molecule has 10 heteroatoms. The van der Waals surface area contributed by atoms with E-state index in [1.54, 1.807) is 36.4 Å². The van der Waals surface area contributed by atoms with E-state index in [9.17, 15) is 22.4 Å². The van der Waals surface area contributed by atoms with E-state index in [4.69, 9.17) is 11.6 Å². The predicted octanol–water partition coefficient (Wildman–Crippen LogP) is 5.58. The third-order valence-electron chi connectivity index (χ3n) is 6.62. The molecule has 0 radical (unpaired) electrons. The van der Waals surface area contributed by atoms with Crippen LogP contribution in [0.1, 0.15) is 43.7 Å². The van der Waals surface area contributed by atoms with Gasteiger partial charge in [0.05, 0.1) is 11.9 Å². The summed E-state index contributed by atoms with van der Waals surface area (Å²) in [6.07, 6.45) is 3.33. The molecule has 0 aliphatic heterocycles. The number of anilines is 1. The molecule has 2 amide bonds. The standard InChI is InChI=1S/C31H37ClFN3O4S/c1-3-4-19-34-31(38)29(21-24-10-6-5-7-11-24)35(23-25-15-17-27(33)18-16-25)30(37)14-9-20-36(41(2,39)40)28-13-8-12-26(32)22-28/h5-8,10-13,15-18,22,29H,3-4,9,14,19-21,23H2,1-2H3,(H,34,38)/t29-/m0/s1. The molecule has 1 atom stereocenters. The maximum Gasteiger partial charge on any atom is 0.243 e. The lowest BCUT2D eigenvalue weighted by Crippen LogP contribution is -2.50. The Bertz CT molecular complexity index is 1390. The van der Waals surface area contributed by atoms with Crippen LogP contribution >= 0.6 is 11.6 Å². The molecule has 0 aliphatic carbocycles. The first-order valence-electron chi connectivity index (χ1n) is 13.7. The fraction of sp³-hybridized carbons (Fsp3) is 0.355. The highest BCUT2D eigenvalue weighted by Gasteiger charge is 2.30. The van der Waals surface area contributed by atoms with Crippen LogP contribution in [0.5, 0.6) is 0 Å². The first-order valence-corrected chi connectivity index (χ1v) is 15.9. The zero-order valence-corrected chi connectivity index (χ0v) is 25.0. The normalized spacial score (nSPS) is 12.0. The van der Waals surface area contributed by atoms with Crippen molar-refractivity contribution in [1.82, 2.24) is 10.2 Å². The molecule has 0 spiro atoms. The number of nitrogens with one attached hydrogen (secondary N) is 1. The Balaban J connectivity index is 1.86. The van der Waals surface area contributed by atoms with E-state index in [1.807, 2.05) is 37.3 Å². The van der Waals surface area contributed by atoms with Crippen molar-refractivity contribution in [3.63, 3.8) is 0 Å². The van der Waals surface area contributed by atoms with Crippen LogP contribution < -0.4 is 9.62 Å². The van der Waals surface area contributed by atoms with Crippen molar-refractivity contribution in [3.05, 3.63) is 101 Å². The van der Waals surface area contributed by atoms with Crippen LogP contribution in [0.3, 0.4) is 0 Å². The van der Waals surface area contributed by atoms with E-state index in [0.717, 1.165) is 24.7 Å². The van der Waals surface area contributed by atoms with Gasteiger partial charge in [0, 0.05) is 37.5 Å². The summed E-state index contributed by atoms with van der Waals surface area (Å²) in [4.78, 5) is 28.8. The minimum Gasteiger partial charge on any atom is -0.354 e. The summed E-state index contributed by atoms with van der Waals surface area (Å²) in [6, 6.07) is 21.0. The fourth-order valence-electron chi connectivity index (χ4n) is 4.48. The topological polar surface area (TPSA) is 86.8 Å². The summed E-state index contributed by atoms with van der Waals surface area (Å²) >= 11 is 6.08. The van der Waals surface area contributed by atoms with Crippen molar-refractivity contribution >= 4 is 39.1 Å². The number of halogens is 2. The van der Waals surface area contributed by atoms with Gasteiger partial charge in [0.1, 0.15) is 11.9 Å². The highest BCUT2D eigenvalue weighted by molar-refractivity contribution is 7.92. The molecule has 1 N–H and O–H groups in total. The first-order chi connectivity index (χ1) is 19.6. The summed E-state index contributed by atoms with van der Waals surface area (Å²) in [7, 11) is -3.64. The SMILES string of the molecule is CCCCNC(=O)[C@H](Cc1ccccc1)N(Cc1ccc(F)cc1)C(=O)CCCN(c1cccc(Cl)c1)S(C)(=O)=O. The smallest absolute Gasteiger partial charge is 0.243 e. The van der Waals surface area contributed by atoms with Crippen molar-refractivity contribution in [2.75, 3.05) is 23.7 Å². The van der Waals surface area contributed by atoms with E-state index in [1.165, 1.54) is 21.3 Å². The lowest BCUT2D eigenvalue weighted by molar-refractivity contribution is -0.141.